The summed E-state index contributed by atoms with van der Waals surface area (Å²) >= 11 is 0. The lowest BCUT2D eigenvalue weighted by Crippen LogP contribution is -2.67. The summed E-state index contributed by atoms with van der Waals surface area (Å²) in [5.74, 6) is -0.236. The van der Waals surface area contributed by atoms with Crippen molar-refractivity contribution in [1.29, 1.82) is 0 Å². The maximum Gasteiger partial charge on any atom is 0.320 e. The number of esters is 1. The summed E-state index contributed by atoms with van der Waals surface area (Å²) in [4.78, 5) is 39.4. The van der Waals surface area contributed by atoms with E-state index in [1.165, 1.54) is 0 Å². The third kappa shape index (κ3) is 1.54. The van der Waals surface area contributed by atoms with Crippen LogP contribution in [0.2, 0.25) is 0 Å². The highest BCUT2D eigenvalue weighted by atomic mass is 16.5. The number of ether oxygens (including phenoxy) is 2. The van der Waals surface area contributed by atoms with Gasteiger partial charge in [0.2, 0.25) is 0 Å². The first-order valence-corrected chi connectivity index (χ1v) is 9.62. The van der Waals surface area contributed by atoms with Crippen molar-refractivity contribution in [3.63, 3.8) is 0 Å². The van der Waals surface area contributed by atoms with E-state index in [4.69, 9.17) is 9.47 Å². The van der Waals surface area contributed by atoms with E-state index in [9.17, 15) is 14.4 Å². The molecule has 0 N–H and O–H groups in total. The monoisotopic (exact) mass is 346 g/mol. The van der Waals surface area contributed by atoms with Crippen LogP contribution in [0.15, 0.2) is 0 Å². The van der Waals surface area contributed by atoms with Crippen molar-refractivity contribution >= 4 is 17.5 Å². The molecule has 5 aliphatic rings. The molecule has 3 saturated carbocycles. The smallest absolute Gasteiger partial charge is 0.320 e. The van der Waals surface area contributed by atoms with Gasteiger partial charge < -0.3 is 9.47 Å². The van der Waals surface area contributed by atoms with Crippen LogP contribution in [0.1, 0.15) is 46.5 Å². The third-order valence-corrected chi connectivity index (χ3v) is 8.70. The Morgan fingerprint density at radius 2 is 1.84 bits per heavy atom. The molecule has 2 aliphatic heterocycles. The Kier molecular flexibility index (Phi) is 2.90. The van der Waals surface area contributed by atoms with E-state index in [0.717, 1.165) is 12.8 Å². The Bertz CT molecular complexity index is 696. The normalized spacial score (nSPS) is 53.1. The van der Waals surface area contributed by atoms with Crippen LogP contribution in [0.5, 0.6) is 0 Å². The van der Waals surface area contributed by atoms with E-state index in [1.807, 2.05) is 6.92 Å². The van der Waals surface area contributed by atoms with Crippen LogP contribution >= 0.6 is 0 Å². The molecule has 25 heavy (non-hydrogen) atoms. The predicted octanol–water partition coefficient (Wildman–Crippen LogP) is 2.17. The zero-order valence-electron chi connectivity index (χ0n) is 15.2. The second-order valence-electron chi connectivity index (χ2n) is 9.66. The number of fused-ring (bicyclic) bond motifs is 5. The van der Waals surface area contributed by atoms with Crippen LogP contribution in [0.4, 0.5) is 0 Å². The van der Waals surface area contributed by atoms with Gasteiger partial charge in [-0.1, -0.05) is 20.8 Å². The molecule has 0 radical (unpaired) electrons. The average Bonchev–Trinajstić information content (AvgIpc) is 2.89. The van der Waals surface area contributed by atoms with E-state index >= 15 is 0 Å². The van der Waals surface area contributed by atoms with E-state index < -0.39 is 10.8 Å². The molecule has 2 saturated heterocycles. The first-order valence-electron chi connectivity index (χ1n) is 9.62. The second kappa shape index (κ2) is 4.54. The van der Waals surface area contributed by atoms with E-state index in [2.05, 4.69) is 13.8 Å². The minimum absolute atomic E-state index is 0.0153. The molecule has 2 heterocycles. The summed E-state index contributed by atoms with van der Waals surface area (Å²) in [6.45, 7) is 6.93. The zero-order chi connectivity index (χ0) is 17.8. The lowest BCUT2D eigenvalue weighted by Gasteiger charge is -2.58. The second-order valence-corrected chi connectivity index (χ2v) is 9.66. The number of hydrogen-bond acceptors (Lipinski definition) is 5. The van der Waals surface area contributed by atoms with Gasteiger partial charge in [0.25, 0.3) is 0 Å². The number of cyclic esters (lactones) is 1. The van der Waals surface area contributed by atoms with Gasteiger partial charge in [0.1, 0.15) is 17.8 Å². The third-order valence-electron chi connectivity index (χ3n) is 8.70. The predicted molar refractivity (Wildman–Crippen MR) is 87.5 cm³/mol. The number of rotatable bonds is 0. The van der Waals surface area contributed by atoms with E-state index in [0.29, 0.717) is 19.4 Å². The highest BCUT2D eigenvalue weighted by Crippen LogP contribution is 2.68. The Balaban J connectivity index is 1.69. The molecule has 4 bridgehead atoms. The maximum atomic E-state index is 13.4. The van der Waals surface area contributed by atoms with E-state index in [-0.39, 0.29) is 59.3 Å². The molecule has 2 spiro atoms. The summed E-state index contributed by atoms with van der Waals surface area (Å²) in [7, 11) is 0. The van der Waals surface area contributed by atoms with Crippen molar-refractivity contribution in [2.24, 2.45) is 39.9 Å². The van der Waals surface area contributed by atoms with Crippen LogP contribution in [0.25, 0.3) is 0 Å². The molecule has 136 valence electrons. The van der Waals surface area contributed by atoms with Crippen molar-refractivity contribution in [3.05, 3.63) is 0 Å². The highest BCUT2D eigenvalue weighted by Gasteiger charge is 2.76. The van der Waals surface area contributed by atoms with Gasteiger partial charge >= 0.3 is 5.97 Å². The van der Waals surface area contributed by atoms with Crippen molar-refractivity contribution < 1.29 is 23.9 Å². The molecule has 0 aromatic rings. The minimum atomic E-state index is -1.08. The number of carbonyl (C=O) groups excluding carboxylic acids is 3. The molecular weight excluding hydrogens is 320 g/mol. The topological polar surface area (TPSA) is 69.7 Å². The van der Waals surface area contributed by atoms with Crippen molar-refractivity contribution in [2.75, 3.05) is 13.2 Å². The van der Waals surface area contributed by atoms with Crippen molar-refractivity contribution in [1.82, 2.24) is 0 Å². The first kappa shape index (κ1) is 16.0. The maximum absolute atomic E-state index is 13.4. The fraction of sp³-hybridized carbons (Fsp3) is 0.850. The lowest BCUT2D eigenvalue weighted by atomic mass is 9.44. The Morgan fingerprint density at radius 3 is 2.60 bits per heavy atom. The van der Waals surface area contributed by atoms with Gasteiger partial charge in [-0.25, -0.2) is 0 Å². The van der Waals surface area contributed by atoms with Crippen LogP contribution in [0.3, 0.4) is 0 Å². The summed E-state index contributed by atoms with van der Waals surface area (Å²) in [5, 5.41) is 0. The molecule has 0 unspecified atom stereocenters. The molecule has 5 fully saturated rings. The molecule has 3 aliphatic carbocycles. The Morgan fingerprint density at radius 1 is 1.08 bits per heavy atom. The molecule has 0 aromatic carbocycles. The van der Waals surface area contributed by atoms with Crippen molar-refractivity contribution in [3.8, 4) is 0 Å². The highest BCUT2D eigenvalue weighted by molar-refractivity contribution is 6.09. The van der Waals surface area contributed by atoms with Crippen LogP contribution in [-0.2, 0) is 23.9 Å². The molecular formula is C20H26O5. The van der Waals surface area contributed by atoms with Gasteiger partial charge in [-0.2, -0.15) is 0 Å². The lowest BCUT2D eigenvalue weighted by molar-refractivity contribution is -0.206. The quantitative estimate of drug-likeness (QED) is 0.497. The summed E-state index contributed by atoms with van der Waals surface area (Å²) in [6.07, 6.45) is 2.60. The molecule has 5 rings (SSSR count). The Hall–Kier alpha value is -1.23. The standard InChI is InChI=1S/C20H26O5/c1-10-11-4-5-12-19(7-11,16(10)22)17(23)25-9-20(12)13-8-24-15(6-14(20)21)18(13,2)3/h10-13,15H,4-9H2,1-3H3/t10-,11-,12-,13-,15-,19-,20+/m1/s1. The van der Waals surface area contributed by atoms with E-state index in [1.54, 1.807) is 0 Å². The van der Waals surface area contributed by atoms with Crippen LogP contribution in [-0.4, -0.2) is 36.9 Å². The Labute approximate surface area is 147 Å². The average molecular weight is 346 g/mol. The zero-order valence-corrected chi connectivity index (χ0v) is 15.2. The van der Waals surface area contributed by atoms with Gasteiger partial charge in [-0.05, 0) is 36.5 Å². The van der Waals surface area contributed by atoms with Crippen molar-refractivity contribution in [2.45, 2.75) is 52.6 Å². The number of Topliss-reactive ketones (excluding diaryl/α,β-unsaturated/α-hetero) is 2. The summed E-state index contributed by atoms with van der Waals surface area (Å²) < 4.78 is 11.6. The van der Waals surface area contributed by atoms with Gasteiger partial charge in [0.05, 0.1) is 18.1 Å². The van der Waals surface area contributed by atoms with Gasteiger partial charge in [0, 0.05) is 18.3 Å². The minimum Gasteiger partial charge on any atom is -0.464 e. The number of ketones is 2. The summed E-state index contributed by atoms with van der Waals surface area (Å²) in [5.41, 5.74) is -1.96. The van der Waals surface area contributed by atoms with Crippen LogP contribution < -0.4 is 0 Å². The summed E-state index contributed by atoms with van der Waals surface area (Å²) in [6, 6.07) is 0. The molecule has 5 heteroatoms. The number of hydrogen-bond donors (Lipinski definition) is 0. The van der Waals surface area contributed by atoms with Gasteiger partial charge in [-0.15, -0.1) is 0 Å². The fourth-order valence-corrected chi connectivity index (χ4v) is 7.21. The number of carbonyl (C=O) groups is 3. The molecule has 7 atom stereocenters. The molecule has 0 aromatic heterocycles. The molecule has 0 amide bonds. The molecule has 5 nitrogen and oxygen atoms in total. The van der Waals surface area contributed by atoms with Gasteiger partial charge in [-0.3, -0.25) is 14.4 Å². The van der Waals surface area contributed by atoms with Crippen LogP contribution in [0, 0.1) is 39.9 Å². The fourth-order valence-electron chi connectivity index (χ4n) is 7.21. The van der Waals surface area contributed by atoms with Gasteiger partial charge in [0.15, 0.2) is 5.78 Å². The first-order chi connectivity index (χ1) is 11.8. The largest absolute Gasteiger partial charge is 0.464 e. The SMILES string of the molecule is C[C@H]1C(=O)[C@@]23C[C@H]1CC[C@H]2[C@]1(COC3=O)C(=O)C[C@H]2OC[C@@H]1C2(C)C.